The predicted molar refractivity (Wildman–Crippen MR) is 65.7 cm³/mol. The molecule has 92 valence electrons. The second-order valence-electron chi connectivity index (χ2n) is 3.69. The molecule has 1 unspecified atom stereocenters. The van der Waals surface area contributed by atoms with Gasteiger partial charge in [-0.25, -0.2) is 13.4 Å². The standard InChI is InChI=1S/C11H14N2O3S/c1-2-16-10-4-3-6-12-11(10)13-9-5-7-17(14,15)8-9/h3-7,9H,2,8H2,1H3,(H,12,13). The molecular weight excluding hydrogens is 240 g/mol. The van der Waals surface area contributed by atoms with Crippen LogP contribution in [0.3, 0.4) is 0 Å². The van der Waals surface area contributed by atoms with E-state index in [0.29, 0.717) is 18.2 Å². The van der Waals surface area contributed by atoms with E-state index in [4.69, 9.17) is 4.74 Å². The summed E-state index contributed by atoms with van der Waals surface area (Å²) in [4.78, 5) is 4.14. The number of anilines is 1. The Morgan fingerprint density at radius 3 is 3.06 bits per heavy atom. The molecule has 1 aromatic heterocycles. The average molecular weight is 254 g/mol. The van der Waals surface area contributed by atoms with E-state index in [0.717, 1.165) is 0 Å². The van der Waals surface area contributed by atoms with Crippen LogP contribution in [0.25, 0.3) is 0 Å². The third-order valence-electron chi connectivity index (χ3n) is 2.32. The van der Waals surface area contributed by atoms with Crippen LogP contribution in [-0.2, 0) is 9.84 Å². The highest BCUT2D eigenvalue weighted by Gasteiger charge is 2.22. The maximum absolute atomic E-state index is 11.3. The fourth-order valence-electron chi connectivity index (χ4n) is 1.61. The van der Waals surface area contributed by atoms with Crippen LogP contribution in [0.1, 0.15) is 6.92 Å². The molecule has 6 heteroatoms. The second kappa shape index (κ2) is 4.75. The lowest BCUT2D eigenvalue weighted by Crippen LogP contribution is -2.22. The van der Waals surface area contributed by atoms with Gasteiger partial charge in [0, 0.05) is 11.6 Å². The Morgan fingerprint density at radius 2 is 2.41 bits per heavy atom. The van der Waals surface area contributed by atoms with E-state index < -0.39 is 9.84 Å². The van der Waals surface area contributed by atoms with Crippen molar-refractivity contribution in [3.63, 3.8) is 0 Å². The summed E-state index contributed by atoms with van der Waals surface area (Å²) in [6.07, 6.45) is 3.26. The molecule has 0 aromatic carbocycles. The van der Waals surface area contributed by atoms with E-state index in [1.807, 2.05) is 6.92 Å². The van der Waals surface area contributed by atoms with Crippen molar-refractivity contribution in [1.29, 1.82) is 0 Å². The molecular formula is C11H14N2O3S. The topological polar surface area (TPSA) is 68.3 Å². The van der Waals surface area contributed by atoms with E-state index >= 15 is 0 Å². The Bertz CT molecular complexity index is 525. The molecule has 0 fully saturated rings. The molecule has 5 nitrogen and oxygen atoms in total. The molecule has 0 radical (unpaired) electrons. The van der Waals surface area contributed by atoms with Gasteiger partial charge in [0.15, 0.2) is 21.4 Å². The van der Waals surface area contributed by atoms with Crippen LogP contribution in [0.4, 0.5) is 5.82 Å². The summed E-state index contributed by atoms with van der Waals surface area (Å²) in [5, 5.41) is 4.28. The van der Waals surface area contributed by atoms with Crippen LogP contribution in [0.5, 0.6) is 5.75 Å². The lowest BCUT2D eigenvalue weighted by molar-refractivity contribution is 0.340. The number of nitrogens with zero attached hydrogens (tertiary/aromatic N) is 1. The molecule has 2 heterocycles. The first kappa shape index (κ1) is 11.9. The average Bonchev–Trinajstić information content (AvgIpc) is 2.61. The number of sulfone groups is 1. The molecule has 0 saturated carbocycles. The van der Waals surface area contributed by atoms with Crippen molar-refractivity contribution in [2.45, 2.75) is 13.0 Å². The molecule has 1 aliphatic heterocycles. The van der Waals surface area contributed by atoms with Gasteiger partial charge in [0.1, 0.15) is 0 Å². The summed E-state index contributed by atoms with van der Waals surface area (Å²) in [5.41, 5.74) is 0. The largest absolute Gasteiger partial charge is 0.490 e. The molecule has 1 N–H and O–H groups in total. The van der Waals surface area contributed by atoms with Gasteiger partial charge in [0.25, 0.3) is 0 Å². The van der Waals surface area contributed by atoms with Gasteiger partial charge in [-0.2, -0.15) is 0 Å². The summed E-state index contributed by atoms with van der Waals surface area (Å²) in [6, 6.07) is 3.33. The second-order valence-corrected chi connectivity index (χ2v) is 5.62. The van der Waals surface area contributed by atoms with Gasteiger partial charge in [0.2, 0.25) is 0 Å². The normalized spacial score (nSPS) is 21.4. The van der Waals surface area contributed by atoms with Gasteiger partial charge < -0.3 is 10.1 Å². The zero-order valence-corrected chi connectivity index (χ0v) is 10.3. The zero-order valence-electron chi connectivity index (χ0n) is 9.46. The van der Waals surface area contributed by atoms with Gasteiger partial charge in [-0.1, -0.05) is 0 Å². The molecule has 1 aliphatic rings. The fraction of sp³-hybridized carbons (Fsp3) is 0.364. The molecule has 0 saturated heterocycles. The van der Waals surface area contributed by atoms with Crippen molar-refractivity contribution in [1.82, 2.24) is 4.98 Å². The summed E-state index contributed by atoms with van der Waals surface area (Å²) in [6.45, 7) is 2.43. The van der Waals surface area contributed by atoms with Gasteiger partial charge in [-0.15, -0.1) is 0 Å². The number of rotatable bonds is 4. The Morgan fingerprint density at radius 1 is 1.59 bits per heavy atom. The van der Waals surface area contributed by atoms with Crippen LogP contribution < -0.4 is 10.1 Å². The molecule has 1 aromatic rings. The maximum atomic E-state index is 11.3. The maximum Gasteiger partial charge on any atom is 0.173 e. The smallest absolute Gasteiger partial charge is 0.173 e. The van der Waals surface area contributed by atoms with Gasteiger partial charge >= 0.3 is 0 Å². The number of pyridine rings is 1. The van der Waals surface area contributed by atoms with Crippen LogP contribution in [-0.4, -0.2) is 31.8 Å². The number of hydrogen-bond acceptors (Lipinski definition) is 5. The number of hydrogen-bond donors (Lipinski definition) is 1. The summed E-state index contributed by atoms with van der Waals surface area (Å²) in [5.74, 6) is 1.27. The number of aromatic nitrogens is 1. The fourth-order valence-corrected chi connectivity index (χ4v) is 2.85. The Hall–Kier alpha value is -1.56. The Kier molecular flexibility index (Phi) is 3.33. The van der Waals surface area contributed by atoms with E-state index in [1.54, 1.807) is 24.4 Å². The summed E-state index contributed by atoms with van der Waals surface area (Å²) in [7, 11) is -3.05. The van der Waals surface area contributed by atoms with E-state index in [1.165, 1.54) is 5.41 Å². The van der Waals surface area contributed by atoms with Crippen molar-refractivity contribution in [3.05, 3.63) is 29.8 Å². The van der Waals surface area contributed by atoms with Gasteiger partial charge in [-0.05, 0) is 25.1 Å². The first-order valence-electron chi connectivity index (χ1n) is 5.36. The molecule has 2 rings (SSSR count). The molecule has 0 spiro atoms. The third kappa shape index (κ3) is 2.97. The van der Waals surface area contributed by atoms with Crippen LogP contribution in [0.2, 0.25) is 0 Å². The lowest BCUT2D eigenvalue weighted by Gasteiger charge is -2.14. The van der Waals surface area contributed by atoms with Crippen molar-refractivity contribution < 1.29 is 13.2 Å². The molecule has 0 aliphatic carbocycles. The minimum atomic E-state index is -3.05. The van der Waals surface area contributed by atoms with Crippen LogP contribution in [0, 0.1) is 0 Å². The van der Waals surface area contributed by atoms with E-state index in [-0.39, 0.29) is 11.8 Å². The van der Waals surface area contributed by atoms with Crippen LogP contribution in [0.15, 0.2) is 29.8 Å². The highest BCUT2D eigenvalue weighted by molar-refractivity contribution is 7.94. The number of ether oxygens (including phenoxy) is 1. The van der Waals surface area contributed by atoms with Gasteiger partial charge in [-0.3, -0.25) is 0 Å². The minimum absolute atomic E-state index is 0.0646. The lowest BCUT2D eigenvalue weighted by atomic mass is 10.3. The minimum Gasteiger partial charge on any atom is -0.490 e. The third-order valence-corrected chi connectivity index (χ3v) is 3.72. The Balaban J connectivity index is 2.12. The highest BCUT2D eigenvalue weighted by atomic mass is 32.2. The van der Waals surface area contributed by atoms with E-state index in [9.17, 15) is 8.42 Å². The summed E-state index contributed by atoms with van der Waals surface area (Å²) >= 11 is 0. The molecule has 1 atom stereocenters. The number of nitrogens with one attached hydrogen (secondary N) is 1. The van der Waals surface area contributed by atoms with Gasteiger partial charge in [0.05, 0.1) is 18.4 Å². The SMILES string of the molecule is CCOc1cccnc1NC1C=CS(=O)(=O)C1. The first-order chi connectivity index (χ1) is 8.11. The highest BCUT2D eigenvalue weighted by Crippen LogP contribution is 2.23. The van der Waals surface area contributed by atoms with Crippen molar-refractivity contribution in [2.24, 2.45) is 0 Å². The molecule has 17 heavy (non-hydrogen) atoms. The zero-order chi connectivity index (χ0) is 12.3. The first-order valence-corrected chi connectivity index (χ1v) is 7.07. The molecule has 0 amide bonds. The monoisotopic (exact) mass is 254 g/mol. The Labute approximate surface area is 100 Å². The summed E-state index contributed by atoms with van der Waals surface area (Å²) < 4.78 is 27.9. The van der Waals surface area contributed by atoms with Crippen molar-refractivity contribution in [2.75, 3.05) is 17.7 Å². The van der Waals surface area contributed by atoms with Crippen molar-refractivity contribution >= 4 is 15.7 Å². The van der Waals surface area contributed by atoms with E-state index in [2.05, 4.69) is 10.3 Å². The van der Waals surface area contributed by atoms with Crippen LogP contribution >= 0.6 is 0 Å². The molecule has 0 bridgehead atoms. The quantitative estimate of drug-likeness (QED) is 0.874. The van der Waals surface area contributed by atoms with Crippen molar-refractivity contribution in [3.8, 4) is 5.75 Å². The predicted octanol–water partition coefficient (Wildman–Crippen LogP) is 1.20.